The van der Waals surface area contributed by atoms with Crippen LogP contribution in [0.2, 0.25) is 0 Å². The second-order valence-corrected chi connectivity index (χ2v) is 7.77. The molecule has 0 aliphatic carbocycles. The SMILES string of the molecule is COc1ccc(S(=O)(=O)NC[C@@H](C)N2CCOCC2)cc1Br. The van der Waals surface area contributed by atoms with Crippen molar-refractivity contribution in [3.63, 3.8) is 0 Å². The van der Waals surface area contributed by atoms with Crippen molar-refractivity contribution in [1.29, 1.82) is 0 Å². The molecule has 1 atom stereocenters. The summed E-state index contributed by atoms with van der Waals surface area (Å²) in [7, 11) is -2.00. The first-order valence-electron chi connectivity index (χ1n) is 7.09. The fourth-order valence-electron chi connectivity index (χ4n) is 2.28. The minimum Gasteiger partial charge on any atom is -0.496 e. The van der Waals surface area contributed by atoms with Gasteiger partial charge in [-0.1, -0.05) is 0 Å². The number of morpholine rings is 1. The molecule has 6 nitrogen and oxygen atoms in total. The third-order valence-electron chi connectivity index (χ3n) is 3.67. The van der Waals surface area contributed by atoms with Gasteiger partial charge in [-0.2, -0.15) is 0 Å². The van der Waals surface area contributed by atoms with Crippen molar-refractivity contribution in [3.8, 4) is 5.75 Å². The zero-order chi connectivity index (χ0) is 16.2. The van der Waals surface area contributed by atoms with Gasteiger partial charge in [-0.05, 0) is 41.1 Å². The molecule has 0 bridgehead atoms. The number of benzene rings is 1. The lowest BCUT2D eigenvalue weighted by Gasteiger charge is -2.32. The van der Waals surface area contributed by atoms with Crippen molar-refractivity contribution in [3.05, 3.63) is 22.7 Å². The van der Waals surface area contributed by atoms with Crippen LogP contribution in [0.15, 0.2) is 27.6 Å². The zero-order valence-electron chi connectivity index (χ0n) is 12.7. The van der Waals surface area contributed by atoms with Crippen molar-refractivity contribution in [1.82, 2.24) is 9.62 Å². The van der Waals surface area contributed by atoms with Crippen molar-refractivity contribution < 1.29 is 17.9 Å². The van der Waals surface area contributed by atoms with E-state index in [0.717, 1.165) is 13.1 Å². The van der Waals surface area contributed by atoms with Crippen LogP contribution in [0.25, 0.3) is 0 Å². The van der Waals surface area contributed by atoms with E-state index in [1.807, 2.05) is 6.92 Å². The average Bonchev–Trinajstić information content (AvgIpc) is 2.53. The number of nitrogens with zero attached hydrogens (tertiary/aromatic N) is 1. The smallest absolute Gasteiger partial charge is 0.240 e. The van der Waals surface area contributed by atoms with Gasteiger partial charge in [0.05, 0.1) is 29.7 Å². The third kappa shape index (κ3) is 4.42. The molecule has 1 N–H and O–H groups in total. The number of hydrogen-bond donors (Lipinski definition) is 1. The summed E-state index contributed by atoms with van der Waals surface area (Å²) in [5.41, 5.74) is 0. The van der Waals surface area contributed by atoms with Crippen LogP contribution in [0.3, 0.4) is 0 Å². The first kappa shape index (κ1) is 17.7. The largest absolute Gasteiger partial charge is 0.496 e. The second kappa shape index (κ2) is 7.74. The molecule has 1 fully saturated rings. The summed E-state index contributed by atoms with van der Waals surface area (Å²) in [6.07, 6.45) is 0. The molecule has 22 heavy (non-hydrogen) atoms. The van der Waals surface area contributed by atoms with Gasteiger partial charge in [-0.3, -0.25) is 4.90 Å². The molecular weight excluding hydrogens is 372 g/mol. The molecule has 1 saturated heterocycles. The highest BCUT2D eigenvalue weighted by molar-refractivity contribution is 9.10. The monoisotopic (exact) mass is 392 g/mol. The lowest BCUT2D eigenvalue weighted by Crippen LogP contribution is -2.47. The maximum absolute atomic E-state index is 12.4. The molecule has 0 radical (unpaired) electrons. The van der Waals surface area contributed by atoms with E-state index in [2.05, 4.69) is 25.6 Å². The van der Waals surface area contributed by atoms with Gasteiger partial charge in [-0.15, -0.1) is 0 Å². The highest BCUT2D eigenvalue weighted by atomic mass is 79.9. The Hall–Kier alpha value is -0.670. The van der Waals surface area contributed by atoms with Gasteiger partial charge in [0.2, 0.25) is 10.0 Å². The standard InChI is InChI=1S/C14H21BrN2O4S/c1-11(17-5-7-21-8-6-17)10-16-22(18,19)12-3-4-14(20-2)13(15)9-12/h3-4,9,11,16H,5-8,10H2,1-2H3/t11-/m1/s1. The molecule has 1 heterocycles. The van der Waals surface area contributed by atoms with Crippen LogP contribution in [-0.4, -0.2) is 59.3 Å². The molecule has 0 aromatic heterocycles. The fraction of sp³-hybridized carbons (Fsp3) is 0.571. The van der Waals surface area contributed by atoms with Gasteiger partial charge in [0.25, 0.3) is 0 Å². The topological polar surface area (TPSA) is 67.9 Å². The van der Waals surface area contributed by atoms with Crippen molar-refractivity contribution in [2.75, 3.05) is 40.0 Å². The molecule has 1 aromatic carbocycles. The van der Waals surface area contributed by atoms with E-state index < -0.39 is 10.0 Å². The molecule has 0 saturated carbocycles. The Morgan fingerprint density at radius 3 is 2.68 bits per heavy atom. The van der Waals surface area contributed by atoms with Crippen molar-refractivity contribution >= 4 is 26.0 Å². The lowest BCUT2D eigenvalue weighted by atomic mass is 10.2. The fourth-order valence-corrected chi connectivity index (χ4v) is 4.11. The average molecular weight is 393 g/mol. The van der Waals surface area contributed by atoms with Gasteiger partial charge in [0.1, 0.15) is 5.75 Å². The quantitative estimate of drug-likeness (QED) is 0.793. The van der Waals surface area contributed by atoms with Crippen LogP contribution in [0, 0.1) is 0 Å². The molecule has 1 aliphatic rings. The Labute approximate surface area is 140 Å². The van der Waals surface area contributed by atoms with E-state index >= 15 is 0 Å². The molecule has 2 rings (SSSR count). The van der Waals surface area contributed by atoms with Gasteiger partial charge in [0.15, 0.2) is 0 Å². The Balaban J connectivity index is 1.99. The number of sulfonamides is 1. The first-order valence-corrected chi connectivity index (χ1v) is 9.36. The van der Waals surface area contributed by atoms with E-state index in [1.54, 1.807) is 12.1 Å². The summed E-state index contributed by atoms with van der Waals surface area (Å²) in [5, 5.41) is 0. The van der Waals surface area contributed by atoms with Crippen LogP contribution in [0.1, 0.15) is 6.92 Å². The maximum atomic E-state index is 12.4. The van der Waals surface area contributed by atoms with E-state index in [1.165, 1.54) is 13.2 Å². The first-order chi connectivity index (χ1) is 10.4. The Morgan fingerprint density at radius 1 is 1.41 bits per heavy atom. The number of halogens is 1. The summed E-state index contributed by atoms with van der Waals surface area (Å²) in [5.74, 6) is 0.598. The molecule has 124 valence electrons. The van der Waals surface area contributed by atoms with Crippen LogP contribution in [-0.2, 0) is 14.8 Å². The third-order valence-corrected chi connectivity index (χ3v) is 5.71. The molecule has 1 aliphatic heterocycles. The second-order valence-electron chi connectivity index (χ2n) is 5.15. The molecule has 0 unspecified atom stereocenters. The van der Waals surface area contributed by atoms with Crippen molar-refractivity contribution in [2.24, 2.45) is 0 Å². The van der Waals surface area contributed by atoms with E-state index in [4.69, 9.17) is 9.47 Å². The number of rotatable bonds is 6. The van der Waals surface area contributed by atoms with Gasteiger partial charge in [0, 0.05) is 25.7 Å². The highest BCUT2D eigenvalue weighted by Gasteiger charge is 2.21. The van der Waals surface area contributed by atoms with E-state index in [9.17, 15) is 8.42 Å². The Bertz CT molecular complexity index is 603. The summed E-state index contributed by atoms with van der Waals surface area (Å²) in [4.78, 5) is 2.44. The normalized spacial score (nSPS) is 18.1. The van der Waals surface area contributed by atoms with E-state index in [0.29, 0.717) is 30.0 Å². The summed E-state index contributed by atoms with van der Waals surface area (Å²) in [6, 6.07) is 4.83. The van der Waals surface area contributed by atoms with Crippen LogP contribution < -0.4 is 9.46 Å². The number of ether oxygens (including phenoxy) is 2. The summed E-state index contributed by atoms with van der Waals surface area (Å²) in [6.45, 7) is 5.43. The van der Waals surface area contributed by atoms with Crippen LogP contribution >= 0.6 is 15.9 Å². The van der Waals surface area contributed by atoms with E-state index in [-0.39, 0.29) is 10.9 Å². The molecule has 1 aromatic rings. The van der Waals surface area contributed by atoms with Crippen LogP contribution in [0.4, 0.5) is 0 Å². The summed E-state index contributed by atoms with van der Waals surface area (Å²) < 4.78 is 38.4. The van der Waals surface area contributed by atoms with Gasteiger partial charge >= 0.3 is 0 Å². The Kier molecular flexibility index (Phi) is 6.22. The Morgan fingerprint density at radius 2 is 2.09 bits per heavy atom. The highest BCUT2D eigenvalue weighted by Crippen LogP contribution is 2.27. The maximum Gasteiger partial charge on any atom is 0.240 e. The predicted octanol–water partition coefficient (Wildman–Crippen LogP) is 1.46. The molecule has 0 spiro atoms. The number of methoxy groups -OCH3 is 1. The van der Waals surface area contributed by atoms with Gasteiger partial charge < -0.3 is 9.47 Å². The molecule has 8 heteroatoms. The lowest BCUT2D eigenvalue weighted by molar-refractivity contribution is 0.0213. The zero-order valence-corrected chi connectivity index (χ0v) is 15.1. The number of nitrogens with one attached hydrogen (secondary N) is 1. The predicted molar refractivity (Wildman–Crippen MR) is 87.7 cm³/mol. The molecule has 0 amide bonds. The van der Waals surface area contributed by atoms with Crippen molar-refractivity contribution in [2.45, 2.75) is 17.9 Å². The van der Waals surface area contributed by atoms with Gasteiger partial charge in [-0.25, -0.2) is 13.1 Å². The molecular formula is C14H21BrN2O4S. The number of hydrogen-bond acceptors (Lipinski definition) is 5. The minimum absolute atomic E-state index is 0.125. The minimum atomic E-state index is -3.53. The summed E-state index contributed by atoms with van der Waals surface area (Å²) >= 11 is 3.30. The van der Waals surface area contributed by atoms with Crippen LogP contribution in [0.5, 0.6) is 5.75 Å².